The van der Waals surface area contributed by atoms with Crippen molar-refractivity contribution in [3.8, 4) is 0 Å². The number of benzene rings is 1. The van der Waals surface area contributed by atoms with Crippen LogP contribution in [-0.2, 0) is 4.74 Å². The number of aromatic amines is 1. The zero-order valence-electron chi connectivity index (χ0n) is 10.9. The van der Waals surface area contributed by atoms with E-state index in [-0.39, 0.29) is 0 Å². The van der Waals surface area contributed by atoms with E-state index >= 15 is 0 Å². The van der Waals surface area contributed by atoms with Crippen molar-refractivity contribution in [3.05, 3.63) is 24.5 Å². The third-order valence-corrected chi connectivity index (χ3v) is 4.22. The molecule has 0 bridgehead atoms. The Labute approximate surface area is 112 Å². The van der Waals surface area contributed by atoms with Crippen LogP contribution in [0.1, 0.15) is 0 Å². The van der Waals surface area contributed by atoms with Crippen molar-refractivity contribution in [3.63, 3.8) is 0 Å². The zero-order chi connectivity index (χ0) is 12.7. The second kappa shape index (κ2) is 4.51. The number of fused-ring (bicyclic) bond motifs is 1. The molecule has 0 atom stereocenters. The number of aromatic nitrogens is 2. The van der Waals surface area contributed by atoms with Crippen molar-refractivity contribution in [2.24, 2.45) is 0 Å². The zero-order valence-corrected chi connectivity index (χ0v) is 10.9. The summed E-state index contributed by atoms with van der Waals surface area (Å²) >= 11 is 0. The van der Waals surface area contributed by atoms with Crippen LogP contribution in [0.25, 0.3) is 11.0 Å². The van der Waals surface area contributed by atoms with E-state index in [4.69, 9.17) is 4.74 Å². The number of piperazine rings is 1. The van der Waals surface area contributed by atoms with Gasteiger partial charge in [-0.05, 0) is 12.1 Å². The molecule has 5 heteroatoms. The lowest BCUT2D eigenvalue weighted by Gasteiger charge is -2.43. The maximum atomic E-state index is 5.28. The number of ether oxygens (including phenoxy) is 1. The number of imidazole rings is 1. The summed E-state index contributed by atoms with van der Waals surface area (Å²) in [6.07, 6.45) is 1.77. The smallest absolute Gasteiger partial charge is 0.112 e. The van der Waals surface area contributed by atoms with Gasteiger partial charge in [0, 0.05) is 26.2 Å². The number of nitrogens with one attached hydrogen (secondary N) is 1. The Bertz CT molecular complexity index is 570. The summed E-state index contributed by atoms with van der Waals surface area (Å²) in [5.41, 5.74) is 3.46. The molecule has 0 saturated carbocycles. The number of nitrogens with zero attached hydrogens (tertiary/aromatic N) is 3. The Morgan fingerprint density at radius 2 is 2.00 bits per heavy atom. The molecule has 3 heterocycles. The average Bonchev–Trinajstić information content (AvgIpc) is 2.86. The second-order valence-corrected chi connectivity index (χ2v) is 5.29. The predicted molar refractivity (Wildman–Crippen MR) is 74.5 cm³/mol. The van der Waals surface area contributed by atoms with Crippen LogP contribution in [0.15, 0.2) is 24.5 Å². The average molecular weight is 258 g/mol. The highest BCUT2D eigenvalue weighted by Gasteiger charge is 2.29. The molecular weight excluding hydrogens is 240 g/mol. The summed E-state index contributed by atoms with van der Waals surface area (Å²) < 4.78 is 5.28. The molecule has 1 N–H and O–H groups in total. The van der Waals surface area contributed by atoms with Crippen LogP contribution in [0.2, 0.25) is 0 Å². The van der Waals surface area contributed by atoms with Crippen molar-refractivity contribution in [1.82, 2.24) is 14.9 Å². The van der Waals surface area contributed by atoms with E-state index < -0.39 is 0 Å². The molecule has 2 fully saturated rings. The predicted octanol–water partition coefficient (Wildman–Crippen LogP) is 1.08. The van der Waals surface area contributed by atoms with Crippen LogP contribution in [0.5, 0.6) is 0 Å². The normalized spacial score (nSPS) is 21.8. The summed E-state index contributed by atoms with van der Waals surface area (Å²) in [7, 11) is 0. The van der Waals surface area contributed by atoms with Gasteiger partial charge in [0.05, 0.1) is 36.8 Å². The van der Waals surface area contributed by atoms with Crippen LogP contribution in [-0.4, -0.2) is 60.3 Å². The highest BCUT2D eigenvalue weighted by Crippen LogP contribution is 2.25. The lowest BCUT2D eigenvalue weighted by atomic mass is 10.1. The van der Waals surface area contributed by atoms with Gasteiger partial charge in [-0.15, -0.1) is 0 Å². The second-order valence-electron chi connectivity index (χ2n) is 5.29. The van der Waals surface area contributed by atoms with Crippen LogP contribution in [0, 0.1) is 0 Å². The van der Waals surface area contributed by atoms with Gasteiger partial charge in [-0.3, -0.25) is 4.90 Å². The van der Waals surface area contributed by atoms with Crippen LogP contribution in [0.3, 0.4) is 0 Å². The number of para-hydroxylation sites is 1. The Kier molecular flexibility index (Phi) is 2.67. The van der Waals surface area contributed by atoms with Gasteiger partial charge < -0.3 is 14.6 Å². The quantitative estimate of drug-likeness (QED) is 0.875. The fourth-order valence-electron chi connectivity index (χ4n) is 2.97. The molecule has 1 aromatic carbocycles. The van der Waals surface area contributed by atoms with E-state index in [2.05, 4.69) is 38.0 Å². The third-order valence-electron chi connectivity index (χ3n) is 4.22. The summed E-state index contributed by atoms with van der Waals surface area (Å²) in [4.78, 5) is 12.6. The van der Waals surface area contributed by atoms with Crippen molar-refractivity contribution >= 4 is 16.7 Å². The minimum atomic E-state index is 0.656. The molecule has 2 aliphatic rings. The molecule has 0 aliphatic carbocycles. The third kappa shape index (κ3) is 1.89. The molecule has 100 valence electrons. The van der Waals surface area contributed by atoms with E-state index in [1.165, 1.54) is 5.69 Å². The highest BCUT2D eigenvalue weighted by atomic mass is 16.5. The monoisotopic (exact) mass is 258 g/mol. The molecule has 0 unspecified atom stereocenters. The van der Waals surface area contributed by atoms with E-state index in [0.29, 0.717) is 6.04 Å². The molecule has 5 nitrogen and oxygen atoms in total. The standard InChI is InChI=1S/C14H18N4O/c1-2-12-14(16-10-15-12)13(3-1)18-6-4-17(5-7-18)11-8-19-9-11/h1-3,10-11H,4-9H2,(H,15,16). The maximum absolute atomic E-state index is 5.28. The van der Waals surface area contributed by atoms with Gasteiger partial charge in [0.2, 0.25) is 0 Å². The number of rotatable bonds is 2. The number of hydrogen-bond acceptors (Lipinski definition) is 4. The Morgan fingerprint density at radius 3 is 2.74 bits per heavy atom. The Balaban J connectivity index is 1.52. The molecule has 0 amide bonds. The molecular formula is C14H18N4O. The van der Waals surface area contributed by atoms with Crippen LogP contribution < -0.4 is 4.90 Å². The van der Waals surface area contributed by atoms with E-state index in [1.54, 1.807) is 6.33 Å². The summed E-state index contributed by atoms with van der Waals surface area (Å²) in [6, 6.07) is 7.00. The van der Waals surface area contributed by atoms with E-state index in [0.717, 1.165) is 50.4 Å². The first-order valence-electron chi connectivity index (χ1n) is 6.91. The molecule has 2 aliphatic heterocycles. The summed E-state index contributed by atoms with van der Waals surface area (Å²) in [5.74, 6) is 0. The van der Waals surface area contributed by atoms with Crippen molar-refractivity contribution in [2.45, 2.75) is 6.04 Å². The van der Waals surface area contributed by atoms with Crippen LogP contribution in [0.4, 0.5) is 5.69 Å². The topological polar surface area (TPSA) is 44.4 Å². The number of anilines is 1. The minimum absolute atomic E-state index is 0.656. The fourth-order valence-corrected chi connectivity index (χ4v) is 2.97. The molecule has 19 heavy (non-hydrogen) atoms. The SMILES string of the molecule is c1cc(N2CCN(C3COC3)CC2)c2nc[nH]c2c1. The number of hydrogen-bond donors (Lipinski definition) is 1. The molecule has 4 rings (SSSR count). The molecule has 2 saturated heterocycles. The fraction of sp³-hybridized carbons (Fsp3) is 0.500. The van der Waals surface area contributed by atoms with Gasteiger partial charge in [-0.2, -0.15) is 0 Å². The largest absolute Gasteiger partial charge is 0.378 e. The molecule has 2 aromatic rings. The first-order valence-corrected chi connectivity index (χ1v) is 6.91. The van der Waals surface area contributed by atoms with Gasteiger partial charge in [-0.1, -0.05) is 6.07 Å². The van der Waals surface area contributed by atoms with E-state index in [9.17, 15) is 0 Å². The van der Waals surface area contributed by atoms with Crippen LogP contribution >= 0.6 is 0 Å². The first-order chi connectivity index (χ1) is 9.42. The van der Waals surface area contributed by atoms with Gasteiger partial charge in [0.15, 0.2) is 0 Å². The highest BCUT2D eigenvalue weighted by molar-refractivity contribution is 5.88. The number of H-pyrrole nitrogens is 1. The van der Waals surface area contributed by atoms with E-state index in [1.807, 2.05) is 0 Å². The van der Waals surface area contributed by atoms with Gasteiger partial charge in [0.25, 0.3) is 0 Å². The lowest BCUT2D eigenvalue weighted by Crippen LogP contribution is -2.56. The molecule has 0 spiro atoms. The van der Waals surface area contributed by atoms with Gasteiger partial charge >= 0.3 is 0 Å². The summed E-state index contributed by atoms with van der Waals surface area (Å²) in [5, 5.41) is 0. The van der Waals surface area contributed by atoms with Crippen molar-refractivity contribution in [2.75, 3.05) is 44.3 Å². The van der Waals surface area contributed by atoms with Crippen molar-refractivity contribution in [1.29, 1.82) is 0 Å². The summed E-state index contributed by atoms with van der Waals surface area (Å²) in [6.45, 7) is 6.21. The minimum Gasteiger partial charge on any atom is -0.378 e. The molecule has 0 radical (unpaired) electrons. The molecule has 1 aromatic heterocycles. The van der Waals surface area contributed by atoms with Gasteiger partial charge in [0.1, 0.15) is 5.52 Å². The Hall–Kier alpha value is -1.59. The first kappa shape index (κ1) is 11.3. The lowest BCUT2D eigenvalue weighted by molar-refractivity contribution is -0.0660. The maximum Gasteiger partial charge on any atom is 0.112 e. The van der Waals surface area contributed by atoms with Crippen molar-refractivity contribution < 1.29 is 4.74 Å². The van der Waals surface area contributed by atoms with Gasteiger partial charge in [-0.25, -0.2) is 4.98 Å². The Morgan fingerprint density at radius 1 is 1.16 bits per heavy atom.